The minimum Gasteiger partial charge on any atom is -0.376 e. The Labute approximate surface area is 175 Å². The number of rotatable bonds is 7. The van der Waals surface area contributed by atoms with Crippen LogP contribution in [0.1, 0.15) is 28.2 Å². The summed E-state index contributed by atoms with van der Waals surface area (Å²) in [5.41, 5.74) is 0.381. The smallest absolute Gasteiger partial charge is 0.376 e. The Morgan fingerprint density at radius 3 is 2.30 bits per heavy atom. The Kier molecular flexibility index (Phi) is 6.78. The average molecular weight is 428 g/mol. The van der Waals surface area contributed by atoms with Gasteiger partial charge in [0.05, 0.1) is 36.5 Å². The van der Waals surface area contributed by atoms with Crippen molar-refractivity contribution in [1.82, 2.24) is 9.97 Å². The highest BCUT2D eigenvalue weighted by Crippen LogP contribution is 2.38. The van der Waals surface area contributed by atoms with Gasteiger partial charge >= 0.3 is 6.18 Å². The third kappa shape index (κ3) is 5.63. The first-order valence-corrected chi connectivity index (χ1v) is 9.61. The van der Waals surface area contributed by atoms with E-state index in [1.54, 1.807) is 0 Å². The van der Waals surface area contributed by atoms with E-state index in [0.717, 1.165) is 17.3 Å². The molecule has 0 spiro atoms. The highest BCUT2D eigenvalue weighted by molar-refractivity contribution is 7.99. The molecule has 5 nitrogen and oxygen atoms in total. The van der Waals surface area contributed by atoms with E-state index in [4.69, 9.17) is 15.3 Å². The third-order valence-corrected chi connectivity index (χ3v) is 4.94. The van der Waals surface area contributed by atoms with Gasteiger partial charge in [0.1, 0.15) is 10.9 Å². The fourth-order valence-corrected chi connectivity index (χ4v) is 3.64. The molecule has 1 heterocycles. The van der Waals surface area contributed by atoms with Crippen molar-refractivity contribution in [3.05, 3.63) is 76.7 Å². The van der Waals surface area contributed by atoms with Gasteiger partial charge in [0, 0.05) is 11.3 Å². The second kappa shape index (κ2) is 9.49. The van der Waals surface area contributed by atoms with Gasteiger partial charge in [-0.3, -0.25) is 0 Å². The molecule has 3 rings (SSSR count). The van der Waals surface area contributed by atoms with Crippen molar-refractivity contribution in [3.8, 4) is 12.1 Å². The second-order valence-corrected chi connectivity index (χ2v) is 7.28. The van der Waals surface area contributed by atoms with Crippen molar-refractivity contribution in [2.24, 2.45) is 0 Å². The predicted molar refractivity (Wildman–Crippen MR) is 103 cm³/mol. The highest BCUT2D eigenvalue weighted by atomic mass is 32.2. The van der Waals surface area contributed by atoms with Crippen molar-refractivity contribution < 1.29 is 17.9 Å². The van der Waals surface area contributed by atoms with Crippen LogP contribution >= 0.6 is 11.8 Å². The SMILES string of the molecule is N#Cc1cc(C#N)cc(Sc2nc(CCOCc3ccccc3)[nH]c2C(F)(F)F)c1. The molecule has 0 saturated carbocycles. The lowest BCUT2D eigenvalue weighted by Gasteiger charge is -2.06. The number of H-pyrrole nitrogens is 1. The molecule has 0 atom stereocenters. The van der Waals surface area contributed by atoms with E-state index in [1.165, 1.54) is 18.2 Å². The van der Waals surface area contributed by atoms with Crippen LogP contribution in [0.2, 0.25) is 0 Å². The summed E-state index contributed by atoms with van der Waals surface area (Å²) in [7, 11) is 0. The number of hydrogen-bond donors (Lipinski definition) is 1. The summed E-state index contributed by atoms with van der Waals surface area (Å²) in [4.78, 5) is 6.73. The molecule has 0 unspecified atom stereocenters. The normalized spacial score (nSPS) is 11.1. The number of alkyl halides is 3. The topological polar surface area (TPSA) is 85.5 Å². The van der Waals surface area contributed by atoms with E-state index in [9.17, 15) is 13.2 Å². The third-order valence-electron chi connectivity index (χ3n) is 3.98. The fourth-order valence-electron chi connectivity index (χ4n) is 2.62. The van der Waals surface area contributed by atoms with Crippen molar-refractivity contribution in [2.75, 3.05) is 6.61 Å². The minimum absolute atomic E-state index is 0.148. The van der Waals surface area contributed by atoms with Gasteiger partial charge in [-0.25, -0.2) is 4.98 Å². The number of nitrogens with zero attached hydrogens (tertiary/aromatic N) is 3. The van der Waals surface area contributed by atoms with Crippen molar-refractivity contribution >= 4 is 11.8 Å². The number of ether oxygens (including phenoxy) is 1. The maximum Gasteiger partial charge on any atom is 0.433 e. The van der Waals surface area contributed by atoms with E-state index in [1.807, 2.05) is 42.5 Å². The molecular formula is C21H15F3N4OS. The van der Waals surface area contributed by atoms with Gasteiger partial charge in [0.2, 0.25) is 0 Å². The van der Waals surface area contributed by atoms with Gasteiger partial charge in [-0.1, -0.05) is 42.1 Å². The zero-order chi connectivity index (χ0) is 21.6. The van der Waals surface area contributed by atoms with Crippen LogP contribution < -0.4 is 0 Å². The van der Waals surface area contributed by atoms with E-state index >= 15 is 0 Å². The number of nitriles is 2. The molecule has 1 aromatic heterocycles. The Morgan fingerprint density at radius 2 is 1.70 bits per heavy atom. The molecule has 0 saturated heterocycles. The van der Waals surface area contributed by atoms with Gasteiger partial charge in [0.15, 0.2) is 5.69 Å². The summed E-state index contributed by atoms with van der Waals surface area (Å²) < 4.78 is 45.9. The number of benzene rings is 2. The lowest BCUT2D eigenvalue weighted by Crippen LogP contribution is -2.07. The van der Waals surface area contributed by atoms with Crippen LogP contribution in [-0.2, 0) is 23.9 Å². The Balaban J connectivity index is 1.74. The molecule has 0 fully saturated rings. The Bertz CT molecular complexity index is 1070. The second-order valence-electron chi connectivity index (χ2n) is 6.22. The van der Waals surface area contributed by atoms with Crippen LogP contribution in [0.5, 0.6) is 0 Å². The molecule has 152 valence electrons. The molecule has 1 N–H and O–H groups in total. The van der Waals surface area contributed by atoms with E-state index in [2.05, 4.69) is 9.97 Å². The summed E-state index contributed by atoms with van der Waals surface area (Å²) in [5, 5.41) is 17.8. The summed E-state index contributed by atoms with van der Waals surface area (Å²) in [5.74, 6) is 0.148. The Hall–Kier alpha value is -3.27. The quantitative estimate of drug-likeness (QED) is 0.530. The highest BCUT2D eigenvalue weighted by Gasteiger charge is 2.37. The van der Waals surface area contributed by atoms with Crippen LogP contribution in [0.3, 0.4) is 0 Å². The molecule has 9 heteroatoms. The summed E-state index contributed by atoms with van der Waals surface area (Å²) in [6.07, 6.45) is -4.44. The van der Waals surface area contributed by atoms with Gasteiger partial charge < -0.3 is 9.72 Å². The zero-order valence-corrected chi connectivity index (χ0v) is 16.3. The van der Waals surface area contributed by atoms with Crippen molar-refractivity contribution in [2.45, 2.75) is 29.1 Å². The van der Waals surface area contributed by atoms with Crippen LogP contribution in [0.4, 0.5) is 13.2 Å². The van der Waals surface area contributed by atoms with Gasteiger partial charge in [-0.05, 0) is 23.8 Å². The van der Waals surface area contributed by atoms with E-state index in [0.29, 0.717) is 11.5 Å². The molecule has 0 amide bonds. The predicted octanol–water partition coefficient (Wildman–Crippen LogP) is 5.08. The molecule has 0 radical (unpaired) electrons. The van der Waals surface area contributed by atoms with Crippen LogP contribution in [0.25, 0.3) is 0 Å². The van der Waals surface area contributed by atoms with Gasteiger partial charge in [-0.15, -0.1) is 0 Å². The monoisotopic (exact) mass is 428 g/mol. The van der Waals surface area contributed by atoms with Crippen molar-refractivity contribution in [3.63, 3.8) is 0 Å². The maximum absolute atomic E-state index is 13.4. The molecule has 30 heavy (non-hydrogen) atoms. The minimum atomic E-state index is -4.62. The number of imidazole rings is 1. The standard InChI is InChI=1S/C21H15F3N4OS/c22-21(23,24)19-20(30-17-9-15(11-25)8-16(10-17)12-26)28-18(27-19)6-7-29-13-14-4-2-1-3-5-14/h1-5,8-10H,6-7,13H2,(H,27,28). The van der Waals surface area contributed by atoms with Crippen LogP contribution in [0.15, 0.2) is 58.5 Å². The number of halogens is 3. The molecule has 0 aliphatic heterocycles. The van der Waals surface area contributed by atoms with Crippen molar-refractivity contribution in [1.29, 1.82) is 10.5 Å². The first-order chi connectivity index (χ1) is 14.4. The number of hydrogen-bond acceptors (Lipinski definition) is 5. The van der Waals surface area contributed by atoms with Crippen LogP contribution in [0, 0.1) is 22.7 Å². The zero-order valence-electron chi connectivity index (χ0n) is 15.5. The van der Waals surface area contributed by atoms with Gasteiger partial charge in [0.25, 0.3) is 0 Å². The number of aromatic nitrogens is 2. The lowest BCUT2D eigenvalue weighted by molar-refractivity contribution is -0.143. The molecule has 0 aliphatic rings. The fraction of sp³-hybridized carbons (Fsp3) is 0.190. The van der Waals surface area contributed by atoms with Gasteiger partial charge in [-0.2, -0.15) is 23.7 Å². The largest absolute Gasteiger partial charge is 0.433 e. The first kappa shape index (κ1) is 21.4. The van der Waals surface area contributed by atoms with Crippen LogP contribution in [-0.4, -0.2) is 16.6 Å². The lowest BCUT2D eigenvalue weighted by atomic mass is 10.1. The molecular weight excluding hydrogens is 413 g/mol. The number of nitrogens with one attached hydrogen (secondary N) is 1. The molecule has 0 aliphatic carbocycles. The molecule has 0 bridgehead atoms. The first-order valence-electron chi connectivity index (χ1n) is 8.80. The molecule has 3 aromatic rings. The van der Waals surface area contributed by atoms with E-state index in [-0.39, 0.29) is 35.0 Å². The Morgan fingerprint density at radius 1 is 1.03 bits per heavy atom. The summed E-state index contributed by atoms with van der Waals surface area (Å²) >= 11 is 0.752. The summed E-state index contributed by atoms with van der Waals surface area (Å²) in [6, 6.07) is 17.4. The van der Waals surface area contributed by atoms with E-state index < -0.39 is 11.9 Å². The maximum atomic E-state index is 13.4. The number of aromatic amines is 1. The summed E-state index contributed by atoms with van der Waals surface area (Å²) in [6.45, 7) is 0.555. The average Bonchev–Trinajstić information content (AvgIpc) is 3.14. The molecule has 2 aromatic carbocycles.